The number of hydrogen-bond acceptors (Lipinski definition) is 6. The second-order valence-electron chi connectivity index (χ2n) is 3.33. The highest BCUT2D eigenvalue weighted by molar-refractivity contribution is 5.98. The third-order valence-electron chi connectivity index (χ3n) is 1.97. The number of carbonyl (C=O) groups excluding carboxylic acids is 2. The second kappa shape index (κ2) is 5.12. The van der Waals surface area contributed by atoms with Gasteiger partial charge in [0.2, 0.25) is 5.91 Å². The van der Waals surface area contributed by atoms with Crippen molar-refractivity contribution in [2.24, 2.45) is 11.5 Å². The highest BCUT2D eigenvalue weighted by Gasteiger charge is 2.14. The van der Waals surface area contributed by atoms with E-state index in [4.69, 9.17) is 22.3 Å². The number of aliphatic hydroxyl groups excluding tert-OH is 1. The molecule has 1 unspecified atom stereocenters. The zero-order valence-corrected chi connectivity index (χ0v) is 8.88. The second-order valence-corrected chi connectivity index (χ2v) is 3.33. The molecular formula is C9H13N5O3. The largest absolute Gasteiger partial charge is 0.397 e. The summed E-state index contributed by atoms with van der Waals surface area (Å²) in [5.41, 5.74) is 15.8. The molecule has 0 aliphatic heterocycles. The van der Waals surface area contributed by atoms with Gasteiger partial charge in [-0.1, -0.05) is 0 Å². The summed E-state index contributed by atoms with van der Waals surface area (Å²) >= 11 is 0. The lowest BCUT2D eigenvalue weighted by Crippen LogP contribution is -2.34. The minimum atomic E-state index is -1.38. The van der Waals surface area contributed by atoms with Crippen molar-refractivity contribution in [3.8, 4) is 0 Å². The van der Waals surface area contributed by atoms with E-state index in [0.717, 1.165) is 0 Å². The summed E-state index contributed by atoms with van der Waals surface area (Å²) < 4.78 is 0. The Bertz CT molecular complexity index is 448. The maximum absolute atomic E-state index is 11.1. The molecule has 0 saturated heterocycles. The zero-order chi connectivity index (χ0) is 13.0. The summed E-state index contributed by atoms with van der Waals surface area (Å²) in [5.74, 6) is -1.47. The number of nitrogens with one attached hydrogen (secondary N) is 1. The molecule has 0 aliphatic rings. The molecule has 0 aromatic carbocycles. The normalized spacial score (nSPS) is 11.8. The van der Waals surface area contributed by atoms with Crippen molar-refractivity contribution in [2.75, 3.05) is 17.6 Å². The average Bonchev–Trinajstić information content (AvgIpc) is 2.26. The van der Waals surface area contributed by atoms with Crippen LogP contribution in [0.25, 0.3) is 0 Å². The van der Waals surface area contributed by atoms with E-state index in [1.807, 2.05) is 0 Å². The molecule has 0 fully saturated rings. The molecular weight excluding hydrogens is 226 g/mol. The van der Waals surface area contributed by atoms with E-state index in [9.17, 15) is 9.59 Å². The first-order chi connectivity index (χ1) is 7.91. The molecule has 1 rings (SSSR count). The molecule has 8 nitrogen and oxygen atoms in total. The third kappa shape index (κ3) is 3.31. The van der Waals surface area contributed by atoms with Crippen LogP contribution >= 0.6 is 0 Å². The number of carbonyl (C=O) groups is 2. The van der Waals surface area contributed by atoms with Crippen molar-refractivity contribution in [3.63, 3.8) is 0 Å². The summed E-state index contributed by atoms with van der Waals surface area (Å²) in [4.78, 5) is 25.5. The molecule has 1 atom stereocenters. The summed E-state index contributed by atoms with van der Waals surface area (Å²) in [6.07, 6.45) is -0.0686. The van der Waals surface area contributed by atoms with E-state index in [-0.39, 0.29) is 23.6 Å². The molecule has 92 valence electrons. The number of primary amides is 2. The maximum atomic E-state index is 11.1. The van der Waals surface area contributed by atoms with E-state index in [0.29, 0.717) is 0 Å². The molecule has 0 aliphatic carbocycles. The van der Waals surface area contributed by atoms with Gasteiger partial charge in [-0.05, 0) is 6.07 Å². The van der Waals surface area contributed by atoms with E-state index < -0.39 is 17.9 Å². The predicted molar refractivity (Wildman–Crippen MR) is 60.9 cm³/mol. The molecule has 0 saturated carbocycles. The topological polar surface area (TPSA) is 157 Å². The van der Waals surface area contributed by atoms with E-state index >= 15 is 0 Å². The number of pyridine rings is 1. The summed E-state index contributed by atoms with van der Waals surface area (Å²) in [6.45, 7) is -0.174. The van der Waals surface area contributed by atoms with Crippen LogP contribution < -0.4 is 22.5 Å². The van der Waals surface area contributed by atoms with Gasteiger partial charge in [-0.25, -0.2) is 4.98 Å². The molecule has 2 amide bonds. The first kappa shape index (κ1) is 12.7. The zero-order valence-electron chi connectivity index (χ0n) is 8.88. The van der Waals surface area contributed by atoms with Crippen LogP contribution in [0.1, 0.15) is 10.4 Å². The number of nitrogen functional groups attached to an aromatic ring is 1. The van der Waals surface area contributed by atoms with E-state index in [1.54, 1.807) is 0 Å². The van der Waals surface area contributed by atoms with Crippen molar-refractivity contribution in [2.45, 2.75) is 6.10 Å². The Kier molecular flexibility index (Phi) is 3.83. The fraction of sp³-hybridized carbons (Fsp3) is 0.222. The van der Waals surface area contributed by atoms with Gasteiger partial charge >= 0.3 is 0 Å². The first-order valence-electron chi connectivity index (χ1n) is 4.68. The number of amides is 2. The number of hydrogen-bond donors (Lipinski definition) is 5. The molecule has 1 aromatic heterocycles. The van der Waals surface area contributed by atoms with Crippen molar-refractivity contribution in [1.82, 2.24) is 4.98 Å². The summed E-state index contributed by atoms with van der Waals surface area (Å²) in [5, 5.41) is 11.8. The molecule has 8 N–H and O–H groups in total. The predicted octanol–water partition coefficient (Wildman–Crippen LogP) is -1.98. The fourth-order valence-corrected chi connectivity index (χ4v) is 1.10. The van der Waals surface area contributed by atoms with Crippen LogP contribution in [0.4, 0.5) is 11.5 Å². The Labute approximate surface area is 96.8 Å². The van der Waals surface area contributed by atoms with Gasteiger partial charge in [0.25, 0.3) is 5.91 Å². The van der Waals surface area contributed by atoms with E-state index in [2.05, 4.69) is 10.3 Å². The molecule has 17 heavy (non-hydrogen) atoms. The van der Waals surface area contributed by atoms with Gasteiger partial charge in [0, 0.05) is 0 Å². The Balaban J connectivity index is 2.84. The lowest BCUT2D eigenvalue weighted by atomic mass is 10.2. The SMILES string of the molecule is NC(=O)c1cc(N)cnc1NCC(O)C(N)=O. The van der Waals surface area contributed by atoms with Crippen LogP contribution in [0.3, 0.4) is 0 Å². The molecule has 1 aromatic rings. The summed E-state index contributed by atoms with van der Waals surface area (Å²) in [7, 11) is 0. The fourth-order valence-electron chi connectivity index (χ4n) is 1.10. The summed E-state index contributed by atoms with van der Waals surface area (Å²) in [6, 6.07) is 1.34. The number of rotatable bonds is 5. The standard InChI is InChI=1S/C9H13N5O3/c10-4-1-5(7(11)16)9(13-2-4)14-3-6(15)8(12)17/h1-2,6,15H,3,10H2,(H2,11,16)(H2,12,17)(H,13,14). The monoisotopic (exact) mass is 239 g/mol. The quantitative estimate of drug-likeness (QED) is 0.400. The number of aliphatic hydroxyl groups is 1. The van der Waals surface area contributed by atoms with Crippen LogP contribution in [0.2, 0.25) is 0 Å². The van der Waals surface area contributed by atoms with Crippen LogP contribution in [0, 0.1) is 0 Å². The minimum absolute atomic E-state index is 0.0710. The molecule has 0 bridgehead atoms. The van der Waals surface area contributed by atoms with Crippen molar-refractivity contribution in [1.29, 1.82) is 0 Å². The van der Waals surface area contributed by atoms with Gasteiger partial charge in [-0.2, -0.15) is 0 Å². The lowest BCUT2D eigenvalue weighted by Gasteiger charge is -2.11. The Morgan fingerprint density at radius 2 is 2.12 bits per heavy atom. The van der Waals surface area contributed by atoms with Gasteiger partial charge in [-0.3, -0.25) is 9.59 Å². The highest BCUT2D eigenvalue weighted by Crippen LogP contribution is 2.14. The number of nitrogens with two attached hydrogens (primary N) is 3. The maximum Gasteiger partial charge on any atom is 0.252 e. The molecule has 8 heteroatoms. The molecule has 0 radical (unpaired) electrons. The third-order valence-corrected chi connectivity index (χ3v) is 1.97. The van der Waals surface area contributed by atoms with Crippen LogP contribution in [0.5, 0.6) is 0 Å². The first-order valence-corrected chi connectivity index (χ1v) is 4.68. The van der Waals surface area contributed by atoms with Gasteiger partial charge in [0.15, 0.2) is 0 Å². The average molecular weight is 239 g/mol. The van der Waals surface area contributed by atoms with Crippen LogP contribution in [-0.4, -0.2) is 34.6 Å². The molecule has 1 heterocycles. The van der Waals surface area contributed by atoms with Crippen molar-refractivity contribution < 1.29 is 14.7 Å². The van der Waals surface area contributed by atoms with E-state index in [1.165, 1.54) is 12.3 Å². The smallest absolute Gasteiger partial charge is 0.252 e. The Morgan fingerprint density at radius 3 is 2.65 bits per heavy atom. The Morgan fingerprint density at radius 1 is 1.47 bits per heavy atom. The number of nitrogens with zero attached hydrogens (tertiary/aromatic N) is 1. The van der Waals surface area contributed by atoms with Crippen LogP contribution in [0.15, 0.2) is 12.3 Å². The highest BCUT2D eigenvalue weighted by atomic mass is 16.3. The van der Waals surface area contributed by atoms with Crippen molar-refractivity contribution >= 4 is 23.3 Å². The molecule has 0 spiro atoms. The van der Waals surface area contributed by atoms with Crippen molar-refractivity contribution in [3.05, 3.63) is 17.8 Å². The van der Waals surface area contributed by atoms with Gasteiger partial charge < -0.3 is 27.6 Å². The lowest BCUT2D eigenvalue weighted by molar-refractivity contribution is -0.125. The van der Waals surface area contributed by atoms with Gasteiger partial charge in [0.1, 0.15) is 11.9 Å². The Hall–Kier alpha value is -2.35. The minimum Gasteiger partial charge on any atom is -0.397 e. The number of anilines is 2. The van der Waals surface area contributed by atoms with Crippen LogP contribution in [-0.2, 0) is 4.79 Å². The number of aromatic nitrogens is 1. The van der Waals surface area contributed by atoms with Gasteiger partial charge in [-0.15, -0.1) is 0 Å². The van der Waals surface area contributed by atoms with Gasteiger partial charge in [0.05, 0.1) is 24.0 Å².